The highest BCUT2D eigenvalue weighted by Gasteiger charge is 2.14. The molecule has 0 bridgehead atoms. The van der Waals surface area contributed by atoms with Crippen LogP contribution in [0.1, 0.15) is 21.5 Å². The predicted molar refractivity (Wildman–Crippen MR) is 88.8 cm³/mol. The van der Waals surface area contributed by atoms with E-state index in [0.717, 1.165) is 25.6 Å². The first-order valence-corrected chi connectivity index (χ1v) is 7.82. The summed E-state index contributed by atoms with van der Waals surface area (Å²) in [4.78, 5) is 14.2. The van der Waals surface area contributed by atoms with Crippen molar-refractivity contribution in [3.8, 4) is 0 Å². The van der Waals surface area contributed by atoms with Crippen molar-refractivity contribution in [2.24, 2.45) is 0 Å². The Bertz CT molecular complexity index is 640. The summed E-state index contributed by atoms with van der Waals surface area (Å²) in [5.41, 5.74) is 2.82. The van der Waals surface area contributed by atoms with Gasteiger partial charge in [-0.2, -0.15) is 0 Å². The summed E-state index contributed by atoms with van der Waals surface area (Å²) in [5.74, 6) is 0.0370. The average Bonchev–Trinajstić information content (AvgIpc) is 2.38. The van der Waals surface area contributed by atoms with E-state index in [9.17, 15) is 4.79 Å². The van der Waals surface area contributed by atoms with E-state index >= 15 is 0 Å². The zero-order chi connectivity index (χ0) is 14.7. The normalized spacial score (nSPS) is 10.4. The van der Waals surface area contributed by atoms with Crippen molar-refractivity contribution in [3.05, 3.63) is 68.1 Å². The van der Waals surface area contributed by atoms with Crippen LogP contribution in [0, 0.1) is 6.92 Å². The van der Waals surface area contributed by atoms with Gasteiger partial charge in [0.2, 0.25) is 0 Å². The summed E-state index contributed by atoms with van der Waals surface area (Å²) in [5, 5.41) is 0. The first-order chi connectivity index (χ1) is 9.47. The van der Waals surface area contributed by atoms with Crippen molar-refractivity contribution >= 4 is 37.8 Å². The summed E-state index contributed by atoms with van der Waals surface area (Å²) in [6, 6.07) is 13.7. The summed E-state index contributed by atoms with van der Waals surface area (Å²) in [7, 11) is 1.82. The molecule has 0 aromatic heterocycles. The largest absolute Gasteiger partial charge is 0.337 e. The van der Waals surface area contributed by atoms with Crippen molar-refractivity contribution in [2.45, 2.75) is 13.5 Å². The molecule has 0 N–H and O–H groups in total. The van der Waals surface area contributed by atoms with Crippen molar-refractivity contribution in [1.29, 1.82) is 0 Å². The topological polar surface area (TPSA) is 20.3 Å². The van der Waals surface area contributed by atoms with Crippen molar-refractivity contribution in [1.82, 2.24) is 4.90 Å². The van der Waals surface area contributed by atoms with E-state index in [0.29, 0.717) is 6.54 Å². The van der Waals surface area contributed by atoms with Gasteiger partial charge in [0.1, 0.15) is 0 Å². The van der Waals surface area contributed by atoms with Crippen LogP contribution in [0.25, 0.3) is 0 Å². The number of hydrogen-bond donors (Lipinski definition) is 0. The molecule has 2 nitrogen and oxygen atoms in total. The van der Waals surface area contributed by atoms with Crippen molar-refractivity contribution < 1.29 is 4.79 Å². The Morgan fingerprint density at radius 3 is 2.45 bits per heavy atom. The average molecular weight is 397 g/mol. The molecule has 0 fully saturated rings. The highest BCUT2D eigenvalue weighted by Crippen LogP contribution is 2.18. The smallest absolute Gasteiger partial charge is 0.254 e. The lowest BCUT2D eigenvalue weighted by Crippen LogP contribution is -2.26. The molecule has 104 valence electrons. The van der Waals surface area contributed by atoms with Crippen LogP contribution in [0.5, 0.6) is 0 Å². The van der Waals surface area contributed by atoms with Gasteiger partial charge in [0.25, 0.3) is 5.91 Å². The van der Waals surface area contributed by atoms with Crippen LogP contribution in [0.4, 0.5) is 0 Å². The maximum absolute atomic E-state index is 12.5. The summed E-state index contributed by atoms with van der Waals surface area (Å²) in [6.07, 6.45) is 0. The first kappa shape index (κ1) is 15.3. The van der Waals surface area contributed by atoms with Crippen LogP contribution in [-0.2, 0) is 6.54 Å². The molecular formula is C16H15Br2NO. The second-order valence-electron chi connectivity index (χ2n) is 4.75. The van der Waals surface area contributed by atoms with Crippen LogP contribution in [0.3, 0.4) is 0 Å². The Morgan fingerprint density at radius 2 is 1.80 bits per heavy atom. The molecule has 0 saturated carbocycles. The zero-order valence-electron chi connectivity index (χ0n) is 11.4. The molecule has 0 saturated heterocycles. The Balaban J connectivity index is 2.16. The number of aryl methyl sites for hydroxylation is 1. The Morgan fingerprint density at radius 1 is 1.10 bits per heavy atom. The molecule has 4 heteroatoms. The number of rotatable bonds is 3. The zero-order valence-corrected chi connectivity index (χ0v) is 14.5. The number of hydrogen-bond acceptors (Lipinski definition) is 1. The molecule has 0 radical (unpaired) electrons. The third kappa shape index (κ3) is 3.70. The summed E-state index contributed by atoms with van der Waals surface area (Å²) in [6.45, 7) is 2.54. The van der Waals surface area contributed by atoms with E-state index in [1.165, 1.54) is 0 Å². The van der Waals surface area contributed by atoms with Gasteiger partial charge in [-0.1, -0.05) is 44.0 Å². The number of halogens is 2. The van der Waals surface area contributed by atoms with Crippen LogP contribution < -0.4 is 0 Å². The molecule has 0 aliphatic heterocycles. The van der Waals surface area contributed by atoms with Crippen LogP contribution in [0.2, 0.25) is 0 Å². The number of carbonyl (C=O) groups is 1. The second kappa shape index (κ2) is 6.55. The van der Waals surface area contributed by atoms with Gasteiger partial charge in [-0.05, 0) is 48.4 Å². The standard InChI is InChI=1S/C16H15Br2NO/c1-11-8-14(18)6-7-15(11)16(20)19(2)10-12-4-3-5-13(17)9-12/h3-9H,10H2,1-2H3. The highest BCUT2D eigenvalue weighted by atomic mass is 79.9. The molecule has 0 spiro atoms. The maximum atomic E-state index is 12.5. The van der Waals surface area contributed by atoms with E-state index in [1.807, 2.05) is 56.4 Å². The fraction of sp³-hybridized carbons (Fsp3) is 0.188. The minimum atomic E-state index is 0.0370. The quantitative estimate of drug-likeness (QED) is 0.730. The van der Waals surface area contributed by atoms with Gasteiger partial charge < -0.3 is 4.90 Å². The number of nitrogens with zero attached hydrogens (tertiary/aromatic N) is 1. The van der Waals surface area contributed by atoms with Gasteiger partial charge in [-0.3, -0.25) is 4.79 Å². The Labute approximate surface area is 136 Å². The van der Waals surface area contributed by atoms with Crippen LogP contribution in [0.15, 0.2) is 51.4 Å². The fourth-order valence-electron chi connectivity index (χ4n) is 2.05. The third-order valence-electron chi connectivity index (χ3n) is 3.07. The first-order valence-electron chi connectivity index (χ1n) is 6.23. The minimum absolute atomic E-state index is 0.0370. The molecule has 0 atom stereocenters. The SMILES string of the molecule is Cc1cc(Br)ccc1C(=O)N(C)Cc1cccc(Br)c1. The van der Waals surface area contributed by atoms with Gasteiger partial charge >= 0.3 is 0 Å². The van der Waals surface area contributed by atoms with Gasteiger partial charge in [0.05, 0.1) is 0 Å². The van der Waals surface area contributed by atoms with Crippen molar-refractivity contribution in [3.63, 3.8) is 0 Å². The van der Waals surface area contributed by atoms with Crippen LogP contribution >= 0.6 is 31.9 Å². The Kier molecular flexibility index (Phi) is 5.00. The summed E-state index contributed by atoms with van der Waals surface area (Å²) >= 11 is 6.86. The molecule has 20 heavy (non-hydrogen) atoms. The van der Waals surface area contributed by atoms with Gasteiger partial charge in [-0.25, -0.2) is 0 Å². The Hall–Kier alpha value is -1.13. The van der Waals surface area contributed by atoms with Crippen molar-refractivity contribution in [2.75, 3.05) is 7.05 Å². The third-order valence-corrected chi connectivity index (χ3v) is 4.06. The molecule has 0 unspecified atom stereocenters. The molecule has 0 heterocycles. The minimum Gasteiger partial charge on any atom is -0.337 e. The second-order valence-corrected chi connectivity index (χ2v) is 6.58. The van der Waals surface area contributed by atoms with Crippen LogP contribution in [-0.4, -0.2) is 17.9 Å². The molecule has 2 rings (SSSR count). The number of benzene rings is 2. The predicted octanol–water partition coefficient (Wildman–Crippen LogP) is 4.79. The summed E-state index contributed by atoms with van der Waals surface area (Å²) < 4.78 is 2.01. The number of carbonyl (C=O) groups excluding carboxylic acids is 1. The lowest BCUT2D eigenvalue weighted by molar-refractivity contribution is 0.0784. The van der Waals surface area contributed by atoms with Gasteiger partial charge in [0.15, 0.2) is 0 Å². The van der Waals surface area contributed by atoms with Gasteiger partial charge in [0, 0.05) is 28.1 Å². The van der Waals surface area contributed by atoms with E-state index < -0.39 is 0 Å². The lowest BCUT2D eigenvalue weighted by atomic mass is 10.1. The fourth-order valence-corrected chi connectivity index (χ4v) is 2.98. The molecule has 2 aromatic rings. The number of amides is 1. The molecule has 2 aromatic carbocycles. The van der Waals surface area contributed by atoms with E-state index in [4.69, 9.17) is 0 Å². The monoisotopic (exact) mass is 395 g/mol. The van der Waals surface area contributed by atoms with E-state index in [2.05, 4.69) is 31.9 Å². The van der Waals surface area contributed by atoms with E-state index in [1.54, 1.807) is 4.90 Å². The van der Waals surface area contributed by atoms with Gasteiger partial charge in [-0.15, -0.1) is 0 Å². The highest BCUT2D eigenvalue weighted by molar-refractivity contribution is 9.10. The molecule has 0 aliphatic carbocycles. The maximum Gasteiger partial charge on any atom is 0.254 e. The molecule has 1 amide bonds. The molecular weight excluding hydrogens is 382 g/mol. The lowest BCUT2D eigenvalue weighted by Gasteiger charge is -2.18. The van der Waals surface area contributed by atoms with E-state index in [-0.39, 0.29) is 5.91 Å². The molecule has 0 aliphatic rings.